The number of nitrogens with one attached hydrogen (secondary N) is 2. The summed E-state index contributed by atoms with van der Waals surface area (Å²) in [5.74, 6) is -1.22. The van der Waals surface area contributed by atoms with Crippen molar-refractivity contribution in [2.75, 3.05) is 19.8 Å². The van der Waals surface area contributed by atoms with E-state index in [1.165, 1.54) is 11.1 Å². The van der Waals surface area contributed by atoms with Gasteiger partial charge in [-0.15, -0.1) is 0 Å². The molecule has 2 aromatic carbocycles. The average molecular weight is 481 g/mol. The van der Waals surface area contributed by atoms with E-state index in [4.69, 9.17) is 14.6 Å². The van der Waals surface area contributed by atoms with Gasteiger partial charge in [-0.3, -0.25) is 9.59 Å². The number of benzene rings is 2. The summed E-state index contributed by atoms with van der Waals surface area (Å²) in [4.78, 5) is 35.5. The highest BCUT2D eigenvalue weighted by atomic mass is 16.5. The Bertz CT molecular complexity index is 1030. The van der Waals surface area contributed by atoms with Crippen molar-refractivity contribution in [3.8, 4) is 11.1 Å². The summed E-state index contributed by atoms with van der Waals surface area (Å²) in [5.41, 5.74) is 4.67. The Morgan fingerprint density at radius 2 is 1.74 bits per heavy atom. The van der Waals surface area contributed by atoms with Crippen LogP contribution in [0, 0.1) is 5.92 Å². The quantitative estimate of drug-likeness (QED) is 0.478. The van der Waals surface area contributed by atoms with E-state index in [2.05, 4.69) is 34.9 Å². The van der Waals surface area contributed by atoms with E-state index >= 15 is 0 Å². The van der Waals surface area contributed by atoms with Crippen LogP contribution in [0.25, 0.3) is 11.1 Å². The number of alkyl carbamates (subject to hydrolysis) is 1. The third-order valence-corrected chi connectivity index (χ3v) is 6.69. The zero-order chi connectivity index (χ0) is 24.8. The van der Waals surface area contributed by atoms with Gasteiger partial charge >= 0.3 is 12.1 Å². The van der Waals surface area contributed by atoms with Crippen LogP contribution in [0.5, 0.6) is 0 Å². The summed E-state index contributed by atoms with van der Waals surface area (Å²) in [6, 6.07) is 16.3. The van der Waals surface area contributed by atoms with Gasteiger partial charge in [-0.1, -0.05) is 48.5 Å². The van der Waals surface area contributed by atoms with Crippen molar-refractivity contribution in [2.45, 2.75) is 50.7 Å². The lowest BCUT2D eigenvalue weighted by molar-refractivity contribution is -0.137. The highest BCUT2D eigenvalue weighted by Gasteiger charge is 2.32. The average Bonchev–Trinajstić information content (AvgIpc) is 3.44. The second kappa shape index (κ2) is 11.4. The summed E-state index contributed by atoms with van der Waals surface area (Å²) >= 11 is 0. The molecule has 3 N–H and O–H groups in total. The van der Waals surface area contributed by atoms with E-state index < -0.39 is 12.1 Å². The van der Waals surface area contributed by atoms with Gasteiger partial charge in [0.25, 0.3) is 0 Å². The van der Waals surface area contributed by atoms with Crippen molar-refractivity contribution in [2.24, 2.45) is 5.92 Å². The molecule has 1 aliphatic carbocycles. The molecule has 0 bridgehead atoms. The molecule has 1 heterocycles. The van der Waals surface area contributed by atoms with Crippen LogP contribution in [0.1, 0.15) is 49.7 Å². The van der Waals surface area contributed by atoms with Gasteiger partial charge in [0.2, 0.25) is 5.91 Å². The fourth-order valence-corrected chi connectivity index (χ4v) is 4.87. The highest BCUT2D eigenvalue weighted by Crippen LogP contribution is 2.44. The maximum absolute atomic E-state index is 12.5. The molecule has 4 rings (SSSR count). The van der Waals surface area contributed by atoms with Gasteiger partial charge in [0.15, 0.2) is 0 Å². The summed E-state index contributed by atoms with van der Waals surface area (Å²) in [6.45, 7) is 2.68. The fourth-order valence-electron chi connectivity index (χ4n) is 4.87. The van der Waals surface area contributed by atoms with Crippen molar-refractivity contribution in [3.05, 3.63) is 59.7 Å². The molecule has 3 atom stereocenters. The molecule has 1 fully saturated rings. The van der Waals surface area contributed by atoms with Crippen LogP contribution in [0.2, 0.25) is 0 Å². The summed E-state index contributed by atoms with van der Waals surface area (Å²) in [6.07, 6.45) is 0.973. The predicted octanol–water partition coefficient (Wildman–Crippen LogP) is 3.69. The number of carbonyl (C=O) groups is 3. The third kappa shape index (κ3) is 6.19. The van der Waals surface area contributed by atoms with Crippen molar-refractivity contribution >= 4 is 18.0 Å². The van der Waals surface area contributed by atoms with Gasteiger partial charge in [0.1, 0.15) is 6.61 Å². The zero-order valence-electron chi connectivity index (χ0n) is 19.9. The lowest BCUT2D eigenvalue weighted by Gasteiger charge is -2.16. The summed E-state index contributed by atoms with van der Waals surface area (Å²) in [7, 11) is 0. The molecule has 0 aromatic heterocycles. The fraction of sp³-hybridized carbons (Fsp3) is 0.444. The number of amides is 2. The molecule has 186 valence electrons. The molecule has 8 heteroatoms. The minimum absolute atomic E-state index is 0.00134. The monoisotopic (exact) mass is 480 g/mol. The standard InChI is InChI=1S/C27H32N2O6/c1-17(7-6-12-25(30)31)29-26(32)18-13-19(34-15-18)14-28-27(33)35-16-24-22-10-4-2-8-20(22)21-9-3-5-11-23(21)24/h2-5,8-11,17-19,24H,6-7,12-16H2,1H3,(H,28,33)(H,29,32)(H,30,31)/t17?,18-,19-/m0/s1. The highest BCUT2D eigenvalue weighted by molar-refractivity contribution is 5.80. The molecule has 2 aliphatic rings. The first-order valence-electron chi connectivity index (χ1n) is 12.1. The number of hydrogen-bond acceptors (Lipinski definition) is 5. The predicted molar refractivity (Wildman–Crippen MR) is 130 cm³/mol. The van der Waals surface area contributed by atoms with Crippen LogP contribution >= 0.6 is 0 Å². The normalized spacial score (nSPS) is 19.5. The van der Waals surface area contributed by atoms with Gasteiger partial charge in [-0.2, -0.15) is 0 Å². The SMILES string of the molecule is CC(CCCC(=O)O)NC(=O)[C@@H]1CO[C@H](CNC(=O)OCC2c3ccccc3-c3ccccc32)C1. The number of ether oxygens (including phenoxy) is 2. The first-order chi connectivity index (χ1) is 16.9. The van der Waals surface area contributed by atoms with Crippen molar-refractivity contribution < 1.29 is 29.0 Å². The van der Waals surface area contributed by atoms with Gasteiger partial charge in [0, 0.05) is 24.9 Å². The number of aliphatic carboxylic acids is 1. The minimum atomic E-state index is -0.834. The van der Waals surface area contributed by atoms with Crippen molar-refractivity contribution in [1.82, 2.24) is 10.6 Å². The Hall–Kier alpha value is -3.39. The van der Waals surface area contributed by atoms with Crippen molar-refractivity contribution in [3.63, 3.8) is 0 Å². The lowest BCUT2D eigenvalue weighted by Crippen LogP contribution is -2.38. The van der Waals surface area contributed by atoms with Crippen LogP contribution in [-0.4, -0.2) is 55.0 Å². The maximum atomic E-state index is 12.5. The molecule has 1 unspecified atom stereocenters. The molecule has 1 aliphatic heterocycles. The van der Waals surface area contributed by atoms with E-state index in [0.29, 0.717) is 25.9 Å². The molecule has 2 aromatic rings. The van der Waals surface area contributed by atoms with E-state index in [-0.39, 0.29) is 49.5 Å². The first-order valence-corrected chi connectivity index (χ1v) is 12.1. The molecular formula is C27H32N2O6. The van der Waals surface area contributed by atoms with Crippen LogP contribution in [0.4, 0.5) is 4.79 Å². The largest absolute Gasteiger partial charge is 0.481 e. The number of carboxylic acid groups (broad SMARTS) is 1. The molecule has 1 saturated heterocycles. The molecular weight excluding hydrogens is 448 g/mol. The minimum Gasteiger partial charge on any atom is -0.481 e. The number of hydrogen-bond donors (Lipinski definition) is 3. The van der Waals surface area contributed by atoms with E-state index in [9.17, 15) is 14.4 Å². The van der Waals surface area contributed by atoms with Crippen LogP contribution < -0.4 is 10.6 Å². The Morgan fingerprint density at radius 3 is 2.40 bits per heavy atom. The molecule has 8 nitrogen and oxygen atoms in total. The molecule has 0 saturated carbocycles. The van der Waals surface area contributed by atoms with E-state index in [1.807, 2.05) is 31.2 Å². The van der Waals surface area contributed by atoms with Crippen LogP contribution in [-0.2, 0) is 19.1 Å². The molecule has 35 heavy (non-hydrogen) atoms. The number of rotatable bonds is 10. The maximum Gasteiger partial charge on any atom is 0.407 e. The molecule has 0 radical (unpaired) electrons. The van der Waals surface area contributed by atoms with Gasteiger partial charge in [0.05, 0.1) is 18.6 Å². The molecule has 2 amide bonds. The number of carbonyl (C=O) groups excluding carboxylic acids is 2. The second-order valence-electron chi connectivity index (χ2n) is 9.29. The summed E-state index contributed by atoms with van der Waals surface area (Å²) in [5, 5.41) is 14.4. The van der Waals surface area contributed by atoms with Gasteiger partial charge < -0.3 is 25.2 Å². The smallest absolute Gasteiger partial charge is 0.407 e. The Balaban J connectivity index is 1.19. The van der Waals surface area contributed by atoms with Gasteiger partial charge in [-0.05, 0) is 48.4 Å². The Kier molecular flexibility index (Phi) is 8.02. The number of carboxylic acids is 1. The Morgan fingerprint density at radius 1 is 1.09 bits per heavy atom. The second-order valence-corrected chi connectivity index (χ2v) is 9.29. The summed E-state index contributed by atoms with van der Waals surface area (Å²) < 4.78 is 11.2. The first kappa shape index (κ1) is 24.7. The van der Waals surface area contributed by atoms with E-state index in [1.54, 1.807) is 0 Å². The van der Waals surface area contributed by atoms with Crippen molar-refractivity contribution in [1.29, 1.82) is 0 Å². The third-order valence-electron chi connectivity index (χ3n) is 6.69. The van der Waals surface area contributed by atoms with Gasteiger partial charge in [-0.25, -0.2) is 4.79 Å². The lowest BCUT2D eigenvalue weighted by atomic mass is 9.98. The van der Waals surface area contributed by atoms with Crippen LogP contribution in [0.3, 0.4) is 0 Å². The number of fused-ring (bicyclic) bond motifs is 3. The molecule has 0 spiro atoms. The van der Waals surface area contributed by atoms with E-state index in [0.717, 1.165) is 11.1 Å². The topological polar surface area (TPSA) is 114 Å². The zero-order valence-corrected chi connectivity index (χ0v) is 19.9. The Labute approximate surface area is 205 Å². The van der Waals surface area contributed by atoms with Crippen LogP contribution in [0.15, 0.2) is 48.5 Å².